The molecule has 5 heteroatoms. The molecule has 27 heavy (non-hydrogen) atoms. The number of amides is 1. The first-order valence-electron chi connectivity index (χ1n) is 10.8. The van der Waals surface area contributed by atoms with E-state index in [1.165, 1.54) is 56.1 Å². The highest BCUT2D eigenvalue weighted by atomic mass is 16.2. The summed E-state index contributed by atoms with van der Waals surface area (Å²) in [7, 11) is 0. The molecule has 3 aliphatic rings. The van der Waals surface area contributed by atoms with Gasteiger partial charge < -0.3 is 16.0 Å². The van der Waals surface area contributed by atoms with Gasteiger partial charge >= 0.3 is 0 Å². The lowest BCUT2D eigenvalue weighted by Crippen LogP contribution is -2.60. The standard InChI is InChI=1S/C22H34N4O/c1-16-8-7-9-17-12-20(25-21(16)17)22(27)24-18-13-23-15-26(14-18)19-10-5-3-2-4-6-11-19/h7-9,18-20,23,25H,2-6,10-15H2,1H3,(H,24,27). The van der Waals surface area contributed by atoms with Crippen molar-refractivity contribution in [1.29, 1.82) is 0 Å². The van der Waals surface area contributed by atoms with Crippen LogP contribution in [0.1, 0.15) is 56.1 Å². The van der Waals surface area contributed by atoms with Gasteiger partial charge in [0.15, 0.2) is 0 Å². The Balaban J connectivity index is 1.31. The number of nitrogens with one attached hydrogen (secondary N) is 3. The summed E-state index contributed by atoms with van der Waals surface area (Å²) < 4.78 is 0. The molecule has 4 rings (SSSR count). The molecule has 0 aromatic heterocycles. The summed E-state index contributed by atoms with van der Waals surface area (Å²) in [6.45, 7) is 4.91. The van der Waals surface area contributed by atoms with Crippen LogP contribution in [0.2, 0.25) is 0 Å². The minimum atomic E-state index is -0.141. The number of carbonyl (C=O) groups is 1. The number of para-hydroxylation sites is 1. The van der Waals surface area contributed by atoms with Gasteiger partial charge in [0.25, 0.3) is 0 Å². The Bertz CT molecular complexity index is 654. The average Bonchev–Trinajstić information content (AvgIpc) is 3.08. The third kappa shape index (κ3) is 4.46. The molecule has 5 nitrogen and oxygen atoms in total. The van der Waals surface area contributed by atoms with E-state index >= 15 is 0 Å². The molecular weight excluding hydrogens is 336 g/mol. The van der Waals surface area contributed by atoms with E-state index in [2.05, 4.69) is 46.0 Å². The zero-order chi connectivity index (χ0) is 18.6. The minimum Gasteiger partial charge on any atom is -0.373 e. The van der Waals surface area contributed by atoms with Crippen molar-refractivity contribution in [3.63, 3.8) is 0 Å². The third-order valence-electron chi connectivity index (χ3n) is 6.52. The van der Waals surface area contributed by atoms with Gasteiger partial charge in [-0.15, -0.1) is 0 Å². The van der Waals surface area contributed by atoms with Crippen molar-refractivity contribution in [3.05, 3.63) is 29.3 Å². The third-order valence-corrected chi connectivity index (χ3v) is 6.52. The fourth-order valence-electron chi connectivity index (χ4n) is 4.98. The summed E-state index contributed by atoms with van der Waals surface area (Å²) in [5.41, 5.74) is 3.63. The number of benzene rings is 1. The first-order chi connectivity index (χ1) is 13.2. The Morgan fingerprint density at radius 3 is 2.70 bits per heavy atom. The van der Waals surface area contributed by atoms with Crippen LogP contribution in [0.5, 0.6) is 0 Å². The highest BCUT2D eigenvalue weighted by Gasteiger charge is 2.31. The number of rotatable bonds is 3. The van der Waals surface area contributed by atoms with Gasteiger partial charge in [-0.1, -0.05) is 50.3 Å². The predicted molar refractivity (Wildman–Crippen MR) is 110 cm³/mol. The molecule has 2 heterocycles. The monoisotopic (exact) mass is 370 g/mol. The highest BCUT2D eigenvalue weighted by molar-refractivity contribution is 5.88. The lowest BCUT2D eigenvalue weighted by Gasteiger charge is -2.40. The van der Waals surface area contributed by atoms with Crippen LogP contribution < -0.4 is 16.0 Å². The first-order valence-corrected chi connectivity index (χ1v) is 10.8. The first kappa shape index (κ1) is 18.8. The van der Waals surface area contributed by atoms with Crippen molar-refractivity contribution >= 4 is 11.6 Å². The molecule has 2 unspecified atom stereocenters. The summed E-state index contributed by atoms with van der Waals surface area (Å²) in [6, 6.07) is 7.04. The number of carbonyl (C=O) groups excluding carboxylic acids is 1. The Labute approximate surface area is 163 Å². The molecule has 1 aliphatic carbocycles. The lowest BCUT2D eigenvalue weighted by atomic mass is 9.95. The molecular formula is C22H34N4O. The van der Waals surface area contributed by atoms with Crippen molar-refractivity contribution in [1.82, 2.24) is 15.5 Å². The fourth-order valence-corrected chi connectivity index (χ4v) is 4.98. The molecule has 0 bridgehead atoms. The molecule has 1 saturated heterocycles. The van der Waals surface area contributed by atoms with Gasteiger partial charge in [-0.2, -0.15) is 0 Å². The smallest absolute Gasteiger partial charge is 0.243 e. The maximum Gasteiger partial charge on any atom is 0.243 e. The summed E-state index contributed by atoms with van der Waals surface area (Å²) >= 11 is 0. The topological polar surface area (TPSA) is 56.4 Å². The Kier molecular flexibility index (Phi) is 5.98. The van der Waals surface area contributed by atoms with Gasteiger partial charge in [-0.3, -0.25) is 9.69 Å². The van der Waals surface area contributed by atoms with Crippen LogP contribution in [-0.4, -0.2) is 48.7 Å². The largest absolute Gasteiger partial charge is 0.373 e. The van der Waals surface area contributed by atoms with Crippen molar-refractivity contribution in [3.8, 4) is 0 Å². The van der Waals surface area contributed by atoms with Gasteiger partial charge in [0.1, 0.15) is 6.04 Å². The second-order valence-corrected chi connectivity index (χ2v) is 8.60. The highest BCUT2D eigenvalue weighted by Crippen LogP contribution is 2.29. The molecule has 0 radical (unpaired) electrons. The van der Waals surface area contributed by atoms with E-state index in [0.29, 0.717) is 6.04 Å². The number of hydrogen-bond acceptors (Lipinski definition) is 4. The molecule has 1 aromatic rings. The van der Waals surface area contributed by atoms with Gasteiger partial charge in [0, 0.05) is 37.9 Å². The van der Waals surface area contributed by atoms with Crippen LogP contribution in [-0.2, 0) is 11.2 Å². The zero-order valence-electron chi connectivity index (χ0n) is 16.6. The Morgan fingerprint density at radius 2 is 1.93 bits per heavy atom. The maximum absolute atomic E-state index is 12.9. The molecule has 3 N–H and O–H groups in total. The Morgan fingerprint density at radius 1 is 1.15 bits per heavy atom. The van der Waals surface area contributed by atoms with Crippen molar-refractivity contribution in [2.45, 2.75) is 76.4 Å². The summed E-state index contributed by atoms with van der Waals surface area (Å²) in [5, 5.41) is 10.3. The second kappa shape index (κ2) is 8.61. The van der Waals surface area contributed by atoms with E-state index in [4.69, 9.17) is 0 Å². The molecule has 0 spiro atoms. The number of anilines is 1. The van der Waals surface area contributed by atoms with Crippen LogP contribution in [0, 0.1) is 6.92 Å². The quantitative estimate of drug-likeness (QED) is 0.766. The molecule has 1 saturated carbocycles. The van der Waals surface area contributed by atoms with Crippen LogP contribution >= 0.6 is 0 Å². The van der Waals surface area contributed by atoms with Gasteiger partial charge in [-0.25, -0.2) is 0 Å². The van der Waals surface area contributed by atoms with Crippen LogP contribution in [0.25, 0.3) is 0 Å². The molecule has 2 atom stereocenters. The van der Waals surface area contributed by atoms with Gasteiger partial charge in [0.2, 0.25) is 5.91 Å². The normalized spacial score (nSPS) is 27.3. The number of aryl methyl sites for hydroxylation is 1. The van der Waals surface area contributed by atoms with E-state index in [1.54, 1.807) is 0 Å². The second-order valence-electron chi connectivity index (χ2n) is 8.60. The van der Waals surface area contributed by atoms with Crippen molar-refractivity contribution in [2.75, 3.05) is 25.1 Å². The summed E-state index contributed by atoms with van der Waals surface area (Å²) in [6.07, 6.45) is 10.3. The van der Waals surface area contributed by atoms with E-state index in [-0.39, 0.29) is 18.0 Å². The number of fused-ring (bicyclic) bond motifs is 1. The van der Waals surface area contributed by atoms with Gasteiger partial charge in [-0.05, 0) is 30.9 Å². The van der Waals surface area contributed by atoms with E-state index in [1.807, 2.05) is 0 Å². The van der Waals surface area contributed by atoms with Crippen LogP contribution in [0.3, 0.4) is 0 Å². The molecule has 1 aromatic carbocycles. The van der Waals surface area contributed by atoms with E-state index in [0.717, 1.165) is 31.9 Å². The Hall–Kier alpha value is -1.59. The summed E-state index contributed by atoms with van der Waals surface area (Å²) in [4.78, 5) is 15.4. The molecule has 2 aliphatic heterocycles. The molecule has 2 fully saturated rings. The van der Waals surface area contributed by atoms with Crippen LogP contribution in [0.15, 0.2) is 18.2 Å². The van der Waals surface area contributed by atoms with Crippen molar-refractivity contribution < 1.29 is 4.79 Å². The van der Waals surface area contributed by atoms with Crippen LogP contribution in [0.4, 0.5) is 5.69 Å². The predicted octanol–water partition coefficient (Wildman–Crippen LogP) is 2.79. The molecule has 1 amide bonds. The van der Waals surface area contributed by atoms with E-state index in [9.17, 15) is 4.79 Å². The number of hydrogen-bond donors (Lipinski definition) is 3. The summed E-state index contributed by atoms with van der Waals surface area (Å²) in [5.74, 6) is 0.136. The zero-order valence-corrected chi connectivity index (χ0v) is 16.6. The average molecular weight is 371 g/mol. The minimum absolute atomic E-state index is 0.136. The van der Waals surface area contributed by atoms with Crippen molar-refractivity contribution in [2.24, 2.45) is 0 Å². The SMILES string of the molecule is Cc1cccc2c1NC(C(=O)NC1CNCN(C3CCCCCCC3)C1)C2. The van der Waals surface area contributed by atoms with E-state index < -0.39 is 0 Å². The maximum atomic E-state index is 12.9. The molecule has 148 valence electrons. The fraction of sp³-hybridized carbons (Fsp3) is 0.682. The number of nitrogens with zero attached hydrogens (tertiary/aromatic N) is 1. The lowest BCUT2D eigenvalue weighted by molar-refractivity contribution is -0.122. The van der Waals surface area contributed by atoms with Gasteiger partial charge in [0.05, 0.1) is 6.04 Å².